The Morgan fingerprint density at radius 1 is 1.20 bits per heavy atom. The Hall–Kier alpha value is 0.327. The Bertz CT molecular complexity index is 235. The van der Waals surface area contributed by atoms with Crippen molar-refractivity contribution in [1.29, 1.82) is 0 Å². The van der Waals surface area contributed by atoms with Crippen molar-refractivity contribution in [3.05, 3.63) is 0 Å². The topological polar surface area (TPSA) is 26.3 Å². The van der Waals surface area contributed by atoms with Gasteiger partial charge in [0.2, 0.25) is 0 Å². The molecule has 1 heterocycles. The van der Waals surface area contributed by atoms with Crippen molar-refractivity contribution < 1.29 is 8.63 Å². The van der Waals surface area contributed by atoms with Crippen molar-refractivity contribution in [3.63, 3.8) is 0 Å². The molecular weight excluding hydrogens is 224 g/mol. The van der Waals surface area contributed by atoms with Gasteiger partial charge >= 0.3 is 0 Å². The van der Waals surface area contributed by atoms with E-state index in [4.69, 9.17) is 4.43 Å². The molecule has 0 unspecified atom stereocenters. The Morgan fingerprint density at radius 3 is 2.07 bits per heavy atom. The van der Waals surface area contributed by atoms with Gasteiger partial charge in [0.15, 0.2) is 8.32 Å². The van der Waals surface area contributed by atoms with Crippen LogP contribution in [0.2, 0.25) is 18.1 Å². The predicted octanol–water partition coefficient (Wildman–Crippen LogP) is 2.92. The zero-order valence-electron chi connectivity index (χ0n) is 10.6. The molecule has 90 valence electrons. The maximum atomic E-state index is 11.2. The molecule has 0 amide bonds. The molecule has 0 spiro atoms. The summed E-state index contributed by atoms with van der Waals surface area (Å²) in [6, 6.07) is 0. The average molecular weight is 248 g/mol. The molecule has 1 aliphatic heterocycles. The summed E-state index contributed by atoms with van der Waals surface area (Å²) in [7, 11) is -2.19. The van der Waals surface area contributed by atoms with E-state index < -0.39 is 19.1 Å². The second kappa shape index (κ2) is 4.68. The zero-order valence-corrected chi connectivity index (χ0v) is 12.4. The van der Waals surface area contributed by atoms with Crippen LogP contribution in [0, 0.1) is 0 Å². The summed E-state index contributed by atoms with van der Waals surface area (Å²) < 4.78 is 17.5. The highest BCUT2D eigenvalue weighted by Crippen LogP contribution is 2.38. The first kappa shape index (κ1) is 13.4. The summed E-state index contributed by atoms with van der Waals surface area (Å²) in [6.07, 6.45) is 2.33. The lowest BCUT2D eigenvalue weighted by Crippen LogP contribution is -2.45. The molecule has 4 heteroatoms. The first-order valence-corrected chi connectivity index (χ1v) is 10.1. The van der Waals surface area contributed by atoms with Gasteiger partial charge in [-0.2, -0.15) is 0 Å². The lowest BCUT2D eigenvalue weighted by Gasteiger charge is -2.40. The maximum Gasteiger partial charge on any atom is 0.192 e. The number of hydrogen-bond acceptors (Lipinski definition) is 2. The van der Waals surface area contributed by atoms with Gasteiger partial charge in [-0.05, 0) is 31.0 Å². The molecule has 15 heavy (non-hydrogen) atoms. The van der Waals surface area contributed by atoms with Gasteiger partial charge in [0.1, 0.15) is 0 Å². The standard InChI is InChI=1S/C11H24O2SSi/c1-11(2,3)15(4,5)13-10-6-8-14(12)9-7-10/h10H,6-9H2,1-5H3. The van der Waals surface area contributed by atoms with Gasteiger partial charge in [-0.3, -0.25) is 4.21 Å². The SMILES string of the molecule is CC(C)(C)[Si](C)(C)OC1CCS(=O)CC1. The first-order chi connectivity index (χ1) is 6.72. The van der Waals surface area contributed by atoms with Gasteiger partial charge < -0.3 is 4.43 Å². The molecule has 2 nitrogen and oxygen atoms in total. The van der Waals surface area contributed by atoms with Gasteiger partial charge in [-0.15, -0.1) is 0 Å². The van der Waals surface area contributed by atoms with Crippen LogP contribution in [0.15, 0.2) is 0 Å². The molecule has 0 aliphatic carbocycles. The fourth-order valence-electron chi connectivity index (χ4n) is 1.48. The Balaban J connectivity index is 2.51. The average Bonchev–Trinajstić information content (AvgIpc) is 2.06. The van der Waals surface area contributed by atoms with Crippen molar-refractivity contribution in [2.45, 2.75) is 57.8 Å². The highest BCUT2D eigenvalue weighted by atomic mass is 32.2. The van der Waals surface area contributed by atoms with E-state index in [1.54, 1.807) is 0 Å². The quantitative estimate of drug-likeness (QED) is 0.702. The highest BCUT2D eigenvalue weighted by Gasteiger charge is 2.39. The van der Waals surface area contributed by atoms with E-state index in [9.17, 15) is 4.21 Å². The van der Waals surface area contributed by atoms with Gasteiger partial charge in [0.25, 0.3) is 0 Å². The van der Waals surface area contributed by atoms with Crippen LogP contribution in [0.5, 0.6) is 0 Å². The van der Waals surface area contributed by atoms with E-state index >= 15 is 0 Å². The van der Waals surface area contributed by atoms with E-state index in [0.717, 1.165) is 24.3 Å². The molecule has 1 rings (SSSR count). The maximum absolute atomic E-state index is 11.2. The Labute approximate surface area is 97.4 Å². The first-order valence-electron chi connectivity index (χ1n) is 5.75. The molecule has 0 N–H and O–H groups in total. The van der Waals surface area contributed by atoms with E-state index in [0.29, 0.717) is 6.10 Å². The molecule has 0 aromatic carbocycles. The van der Waals surface area contributed by atoms with Gasteiger partial charge in [0, 0.05) is 28.4 Å². The second-order valence-corrected chi connectivity index (χ2v) is 12.4. The largest absolute Gasteiger partial charge is 0.414 e. The smallest absolute Gasteiger partial charge is 0.192 e. The minimum Gasteiger partial charge on any atom is -0.414 e. The van der Waals surface area contributed by atoms with Gasteiger partial charge in [0.05, 0.1) is 0 Å². The van der Waals surface area contributed by atoms with E-state index in [2.05, 4.69) is 33.9 Å². The fraction of sp³-hybridized carbons (Fsp3) is 1.00. The third-order valence-corrected chi connectivity index (χ3v) is 9.52. The lowest BCUT2D eigenvalue weighted by molar-refractivity contribution is 0.170. The van der Waals surface area contributed by atoms with Crippen LogP contribution in [0.4, 0.5) is 0 Å². The number of hydrogen-bond donors (Lipinski definition) is 0. The van der Waals surface area contributed by atoms with Crippen LogP contribution in [0.3, 0.4) is 0 Å². The summed E-state index contributed by atoms with van der Waals surface area (Å²) >= 11 is 0. The molecule has 0 saturated carbocycles. The molecule has 0 aromatic heterocycles. The number of rotatable bonds is 2. The minimum atomic E-state index is -1.61. The van der Waals surface area contributed by atoms with Crippen LogP contribution in [0.1, 0.15) is 33.6 Å². The molecule has 0 bridgehead atoms. The van der Waals surface area contributed by atoms with Crippen molar-refractivity contribution >= 4 is 19.1 Å². The third kappa shape index (κ3) is 3.68. The van der Waals surface area contributed by atoms with Crippen LogP contribution < -0.4 is 0 Å². The summed E-state index contributed by atoms with van der Waals surface area (Å²) in [6.45, 7) is 11.4. The normalized spacial score (nSPS) is 29.1. The van der Waals surface area contributed by atoms with Crippen LogP contribution in [0.25, 0.3) is 0 Å². The highest BCUT2D eigenvalue weighted by molar-refractivity contribution is 7.85. The Kier molecular flexibility index (Phi) is 4.17. The molecule has 0 radical (unpaired) electrons. The fourth-order valence-corrected chi connectivity index (χ4v) is 4.16. The predicted molar refractivity (Wildman–Crippen MR) is 69.2 cm³/mol. The van der Waals surface area contributed by atoms with Crippen LogP contribution in [-0.4, -0.2) is 30.1 Å². The van der Waals surface area contributed by atoms with Crippen LogP contribution >= 0.6 is 0 Å². The summed E-state index contributed by atoms with van der Waals surface area (Å²) in [5.74, 6) is 1.67. The molecule has 0 atom stereocenters. The lowest BCUT2D eigenvalue weighted by atomic mass is 10.2. The summed E-state index contributed by atoms with van der Waals surface area (Å²) in [5.41, 5.74) is 0. The molecule has 1 aliphatic rings. The van der Waals surface area contributed by atoms with Crippen molar-refractivity contribution in [1.82, 2.24) is 0 Å². The Morgan fingerprint density at radius 2 is 1.67 bits per heavy atom. The van der Waals surface area contributed by atoms with Crippen molar-refractivity contribution in [2.75, 3.05) is 11.5 Å². The molecule has 1 saturated heterocycles. The molecular formula is C11H24O2SSi. The third-order valence-electron chi connectivity index (χ3n) is 3.60. The van der Waals surface area contributed by atoms with Crippen LogP contribution in [-0.2, 0) is 15.2 Å². The minimum absolute atomic E-state index is 0.281. The zero-order chi connectivity index (χ0) is 11.7. The van der Waals surface area contributed by atoms with E-state index in [-0.39, 0.29) is 5.04 Å². The molecule has 1 fully saturated rings. The summed E-state index contributed by atoms with van der Waals surface area (Å²) in [5, 5.41) is 0.281. The summed E-state index contributed by atoms with van der Waals surface area (Å²) in [4.78, 5) is 0. The monoisotopic (exact) mass is 248 g/mol. The van der Waals surface area contributed by atoms with Crippen molar-refractivity contribution in [3.8, 4) is 0 Å². The second-order valence-electron chi connectivity index (χ2n) is 5.93. The van der Waals surface area contributed by atoms with E-state index in [1.807, 2.05) is 0 Å². The van der Waals surface area contributed by atoms with Crippen molar-refractivity contribution in [2.24, 2.45) is 0 Å². The molecule has 0 aromatic rings. The van der Waals surface area contributed by atoms with E-state index in [1.165, 1.54) is 0 Å². The van der Waals surface area contributed by atoms with Gasteiger partial charge in [-0.1, -0.05) is 20.8 Å². The van der Waals surface area contributed by atoms with Gasteiger partial charge in [-0.25, -0.2) is 0 Å².